The molecule has 6 heteroatoms. The van der Waals surface area contributed by atoms with E-state index in [1.165, 1.54) is 14.2 Å². The number of hydrogen-bond acceptors (Lipinski definition) is 5. The minimum atomic E-state index is -1.15. The molecule has 0 fully saturated rings. The molecule has 0 aliphatic carbocycles. The van der Waals surface area contributed by atoms with Crippen molar-refractivity contribution in [3.63, 3.8) is 0 Å². The van der Waals surface area contributed by atoms with Crippen molar-refractivity contribution in [3.8, 4) is 23.0 Å². The van der Waals surface area contributed by atoms with Crippen molar-refractivity contribution in [1.82, 2.24) is 4.98 Å². The first kappa shape index (κ1) is 12.9. The highest BCUT2D eigenvalue weighted by Gasteiger charge is 2.20. The van der Waals surface area contributed by atoms with Gasteiger partial charge in [-0.2, -0.15) is 0 Å². The number of aromatic nitrogens is 1. The molecule has 2 aromatic rings. The van der Waals surface area contributed by atoms with Gasteiger partial charge < -0.3 is 19.0 Å². The van der Waals surface area contributed by atoms with Crippen molar-refractivity contribution in [2.75, 3.05) is 14.2 Å². The molecular formula is C13H13NO5. The van der Waals surface area contributed by atoms with Crippen LogP contribution in [0.2, 0.25) is 0 Å². The summed E-state index contributed by atoms with van der Waals surface area (Å²) >= 11 is 0. The van der Waals surface area contributed by atoms with Crippen molar-refractivity contribution in [2.45, 2.75) is 6.92 Å². The van der Waals surface area contributed by atoms with Crippen molar-refractivity contribution in [3.05, 3.63) is 29.7 Å². The fourth-order valence-electron chi connectivity index (χ4n) is 1.69. The Labute approximate surface area is 109 Å². The van der Waals surface area contributed by atoms with Gasteiger partial charge in [0, 0.05) is 0 Å². The van der Waals surface area contributed by atoms with Gasteiger partial charge in [-0.3, -0.25) is 0 Å². The number of aryl methyl sites for hydroxylation is 1. The van der Waals surface area contributed by atoms with Gasteiger partial charge in [0.25, 0.3) is 0 Å². The highest BCUT2D eigenvalue weighted by atomic mass is 16.5. The average molecular weight is 263 g/mol. The lowest BCUT2D eigenvalue weighted by Crippen LogP contribution is -1.95. The molecule has 6 nitrogen and oxygen atoms in total. The van der Waals surface area contributed by atoms with Crippen molar-refractivity contribution in [2.24, 2.45) is 0 Å². The number of carbonyl (C=O) groups is 1. The maximum absolute atomic E-state index is 11.0. The van der Waals surface area contributed by atoms with E-state index in [0.29, 0.717) is 22.8 Å². The quantitative estimate of drug-likeness (QED) is 0.911. The van der Waals surface area contributed by atoms with Gasteiger partial charge >= 0.3 is 5.97 Å². The average Bonchev–Trinajstić information content (AvgIpc) is 2.80. The van der Waals surface area contributed by atoms with Crippen LogP contribution in [-0.4, -0.2) is 30.3 Å². The lowest BCUT2D eigenvalue weighted by Gasteiger charge is -2.07. The minimum absolute atomic E-state index is 0.181. The number of nitrogens with zero attached hydrogens (tertiary/aromatic N) is 1. The number of hydrogen-bond donors (Lipinski definition) is 1. The van der Waals surface area contributed by atoms with E-state index in [4.69, 9.17) is 19.0 Å². The van der Waals surface area contributed by atoms with Crippen LogP contribution < -0.4 is 9.47 Å². The normalized spacial score (nSPS) is 10.3. The Bertz CT molecular complexity index is 617. The van der Waals surface area contributed by atoms with Gasteiger partial charge in [0.2, 0.25) is 11.7 Å². The number of carboxylic acid groups (broad SMARTS) is 1. The molecule has 1 aromatic heterocycles. The van der Waals surface area contributed by atoms with E-state index < -0.39 is 5.97 Å². The van der Waals surface area contributed by atoms with Gasteiger partial charge in [-0.15, -0.1) is 0 Å². The van der Waals surface area contributed by atoms with Gasteiger partial charge in [-0.25, -0.2) is 9.78 Å². The monoisotopic (exact) mass is 263 g/mol. The third-order valence-corrected chi connectivity index (χ3v) is 2.63. The summed E-state index contributed by atoms with van der Waals surface area (Å²) in [6.45, 7) is 1.57. The summed E-state index contributed by atoms with van der Waals surface area (Å²) in [5.74, 6) is -0.0221. The Hall–Kier alpha value is -2.50. The standard InChI is InChI=1S/C13H13NO5/c1-7-11(13(15)16)19-12(14-7)9-6-8(17-2)4-5-10(9)18-3/h4-6H,1-3H3,(H,15,16). The Kier molecular flexibility index (Phi) is 3.41. The number of carboxylic acids is 1. The number of benzene rings is 1. The van der Waals surface area contributed by atoms with Crippen LogP contribution in [-0.2, 0) is 0 Å². The largest absolute Gasteiger partial charge is 0.497 e. The summed E-state index contributed by atoms with van der Waals surface area (Å²) in [5.41, 5.74) is 0.852. The lowest BCUT2D eigenvalue weighted by molar-refractivity contribution is 0.0662. The van der Waals surface area contributed by atoms with Crippen LogP contribution in [0.4, 0.5) is 0 Å². The molecular weight excluding hydrogens is 250 g/mol. The van der Waals surface area contributed by atoms with Crippen LogP contribution in [0.25, 0.3) is 11.5 Å². The predicted octanol–water partition coefficient (Wildman–Crippen LogP) is 2.37. The molecule has 1 aromatic carbocycles. The summed E-state index contributed by atoms with van der Waals surface area (Å²) in [6, 6.07) is 5.11. The molecule has 0 aliphatic rings. The van der Waals surface area contributed by atoms with Crippen LogP contribution in [0.3, 0.4) is 0 Å². The van der Waals surface area contributed by atoms with E-state index in [0.717, 1.165) is 0 Å². The zero-order chi connectivity index (χ0) is 14.0. The van der Waals surface area contributed by atoms with Crippen LogP contribution >= 0.6 is 0 Å². The minimum Gasteiger partial charge on any atom is -0.497 e. The van der Waals surface area contributed by atoms with Gasteiger partial charge in [0.05, 0.1) is 25.5 Å². The fourth-order valence-corrected chi connectivity index (χ4v) is 1.69. The second-order valence-corrected chi connectivity index (χ2v) is 3.80. The van der Waals surface area contributed by atoms with E-state index >= 15 is 0 Å². The highest BCUT2D eigenvalue weighted by molar-refractivity contribution is 5.86. The summed E-state index contributed by atoms with van der Waals surface area (Å²) in [7, 11) is 3.05. The Balaban J connectivity index is 2.57. The lowest BCUT2D eigenvalue weighted by atomic mass is 10.2. The zero-order valence-corrected chi connectivity index (χ0v) is 10.8. The number of oxazole rings is 1. The Morgan fingerprint density at radius 1 is 1.32 bits per heavy atom. The predicted molar refractivity (Wildman–Crippen MR) is 66.7 cm³/mol. The zero-order valence-electron chi connectivity index (χ0n) is 10.8. The third kappa shape index (κ3) is 2.37. The smallest absolute Gasteiger partial charge is 0.373 e. The maximum atomic E-state index is 11.0. The first-order valence-corrected chi connectivity index (χ1v) is 5.50. The molecule has 0 saturated heterocycles. The maximum Gasteiger partial charge on any atom is 0.373 e. The van der Waals surface area contributed by atoms with Crippen LogP contribution in [0.5, 0.6) is 11.5 Å². The van der Waals surface area contributed by atoms with Gasteiger partial charge in [0.15, 0.2) is 0 Å². The number of rotatable bonds is 4. The summed E-state index contributed by atoms with van der Waals surface area (Å²) < 4.78 is 15.6. The topological polar surface area (TPSA) is 81.8 Å². The van der Waals surface area contributed by atoms with Crippen LogP contribution in [0.15, 0.2) is 22.6 Å². The van der Waals surface area contributed by atoms with Crippen LogP contribution in [0, 0.1) is 6.92 Å². The molecule has 100 valence electrons. The molecule has 0 bridgehead atoms. The molecule has 0 aliphatic heterocycles. The SMILES string of the molecule is COc1ccc(OC)c(-c2nc(C)c(C(=O)O)o2)c1. The van der Waals surface area contributed by atoms with E-state index in [-0.39, 0.29) is 11.7 Å². The molecule has 0 saturated carbocycles. The molecule has 2 rings (SSSR count). The summed E-state index contributed by atoms with van der Waals surface area (Å²) in [4.78, 5) is 15.1. The molecule has 0 radical (unpaired) electrons. The third-order valence-electron chi connectivity index (χ3n) is 2.63. The number of methoxy groups -OCH3 is 2. The first-order chi connectivity index (χ1) is 9.06. The van der Waals surface area contributed by atoms with E-state index in [2.05, 4.69) is 4.98 Å². The van der Waals surface area contributed by atoms with Gasteiger partial charge in [-0.05, 0) is 25.1 Å². The molecule has 1 heterocycles. The van der Waals surface area contributed by atoms with E-state index in [1.54, 1.807) is 25.1 Å². The van der Waals surface area contributed by atoms with Crippen molar-refractivity contribution in [1.29, 1.82) is 0 Å². The number of ether oxygens (including phenoxy) is 2. The highest BCUT2D eigenvalue weighted by Crippen LogP contribution is 2.33. The van der Waals surface area contributed by atoms with E-state index in [9.17, 15) is 4.79 Å². The van der Waals surface area contributed by atoms with Gasteiger partial charge in [0.1, 0.15) is 11.5 Å². The summed E-state index contributed by atoms with van der Waals surface area (Å²) in [6.07, 6.45) is 0. The van der Waals surface area contributed by atoms with Crippen molar-refractivity contribution < 1.29 is 23.8 Å². The Morgan fingerprint density at radius 2 is 2.05 bits per heavy atom. The van der Waals surface area contributed by atoms with Crippen molar-refractivity contribution >= 4 is 5.97 Å². The van der Waals surface area contributed by atoms with Crippen LogP contribution in [0.1, 0.15) is 16.2 Å². The van der Waals surface area contributed by atoms with Gasteiger partial charge in [-0.1, -0.05) is 0 Å². The second-order valence-electron chi connectivity index (χ2n) is 3.80. The molecule has 0 spiro atoms. The second kappa shape index (κ2) is 5.01. The molecule has 19 heavy (non-hydrogen) atoms. The number of aromatic carboxylic acids is 1. The molecule has 0 atom stereocenters. The molecule has 0 amide bonds. The summed E-state index contributed by atoms with van der Waals surface area (Å²) in [5, 5.41) is 8.96. The Morgan fingerprint density at radius 3 is 2.58 bits per heavy atom. The molecule has 1 N–H and O–H groups in total. The van der Waals surface area contributed by atoms with E-state index in [1.807, 2.05) is 0 Å². The first-order valence-electron chi connectivity index (χ1n) is 5.50. The fraction of sp³-hybridized carbons (Fsp3) is 0.231. The molecule has 0 unspecified atom stereocenters.